The van der Waals surface area contributed by atoms with Gasteiger partial charge in [0.05, 0.1) is 13.7 Å². The highest BCUT2D eigenvalue weighted by Crippen LogP contribution is 2.38. The zero-order valence-corrected chi connectivity index (χ0v) is 13.5. The van der Waals surface area contributed by atoms with Gasteiger partial charge in [-0.3, -0.25) is 9.69 Å². The molecule has 1 heterocycles. The van der Waals surface area contributed by atoms with E-state index in [1.165, 1.54) is 12.0 Å². The van der Waals surface area contributed by atoms with Gasteiger partial charge in [-0.25, -0.2) is 4.79 Å². The first-order valence-electron chi connectivity index (χ1n) is 7.33. The number of nitrogens with zero attached hydrogens (tertiary/aromatic N) is 1. The Morgan fingerprint density at radius 2 is 2.05 bits per heavy atom. The number of ether oxygens (including phenoxy) is 2. The molecule has 0 radical (unpaired) electrons. The van der Waals surface area contributed by atoms with E-state index in [1.54, 1.807) is 0 Å². The summed E-state index contributed by atoms with van der Waals surface area (Å²) >= 11 is 0. The largest absolute Gasteiger partial charge is 0.467 e. The van der Waals surface area contributed by atoms with Gasteiger partial charge < -0.3 is 9.47 Å². The predicted octanol–water partition coefficient (Wildman–Crippen LogP) is 2.00. The molecule has 0 unspecified atom stereocenters. The number of carbonyl (C=O) groups is 2. The fourth-order valence-corrected chi connectivity index (χ4v) is 2.92. The molecule has 22 heavy (non-hydrogen) atoms. The lowest BCUT2D eigenvalue weighted by Gasteiger charge is -2.38. The Bertz CT molecular complexity index is 537. The van der Waals surface area contributed by atoms with Gasteiger partial charge in [0, 0.05) is 11.8 Å². The summed E-state index contributed by atoms with van der Waals surface area (Å²) in [5.74, 6) is -0.449. The minimum absolute atomic E-state index is 0.134. The first-order chi connectivity index (χ1) is 10.3. The summed E-state index contributed by atoms with van der Waals surface area (Å²) in [5, 5.41) is 0. The van der Waals surface area contributed by atoms with E-state index in [9.17, 15) is 9.59 Å². The number of hydrogen-bond acceptors (Lipinski definition) is 4. The molecule has 1 aromatic rings. The van der Waals surface area contributed by atoms with E-state index < -0.39 is 17.7 Å². The Hall–Kier alpha value is -1.88. The number of amides is 1. The number of esters is 1. The van der Waals surface area contributed by atoms with Gasteiger partial charge in [0.15, 0.2) is 5.54 Å². The third-order valence-electron chi connectivity index (χ3n) is 3.99. The van der Waals surface area contributed by atoms with Gasteiger partial charge in [-0.15, -0.1) is 0 Å². The van der Waals surface area contributed by atoms with Crippen LogP contribution in [0.15, 0.2) is 30.3 Å². The molecule has 0 saturated carbocycles. The molecule has 1 amide bonds. The normalized spacial score (nSPS) is 25.1. The number of carbonyl (C=O) groups excluding carboxylic acids is 2. The maximum absolute atomic E-state index is 12.5. The van der Waals surface area contributed by atoms with Crippen molar-refractivity contribution >= 4 is 12.4 Å². The summed E-state index contributed by atoms with van der Waals surface area (Å²) in [6.07, 6.45) is 0.599. The van der Waals surface area contributed by atoms with Crippen molar-refractivity contribution in [1.82, 2.24) is 4.90 Å². The topological polar surface area (TPSA) is 55.8 Å². The van der Waals surface area contributed by atoms with E-state index in [0.717, 1.165) is 5.56 Å². The highest BCUT2D eigenvalue weighted by Gasteiger charge is 2.56. The second kappa shape index (κ2) is 6.08. The number of hydrogen-bond donors (Lipinski definition) is 0. The molecule has 5 heteroatoms. The average molecular weight is 305 g/mol. The summed E-state index contributed by atoms with van der Waals surface area (Å²) in [5.41, 5.74) is -0.457. The predicted molar refractivity (Wildman–Crippen MR) is 82.0 cm³/mol. The zero-order chi connectivity index (χ0) is 16.4. The molecular formula is C17H23NO4. The molecule has 120 valence electrons. The van der Waals surface area contributed by atoms with Gasteiger partial charge in [-0.1, -0.05) is 51.1 Å². The van der Waals surface area contributed by atoms with Crippen molar-refractivity contribution < 1.29 is 19.1 Å². The third-order valence-corrected chi connectivity index (χ3v) is 3.99. The standard InChI is InChI=1S/C17H23NO4/c1-16(2,3)14-18(12-19)17(11-22-14,15(20)21-4)10-13-8-6-5-7-9-13/h5-9,12,14H,10-11H2,1-4H3/t14-,17+/m0/s1. The molecule has 1 fully saturated rings. The Morgan fingerprint density at radius 3 is 2.55 bits per heavy atom. The van der Waals surface area contributed by atoms with E-state index in [4.69, 9.17) is 9.47 Å². The Labute approximate surface area is 131 Å². The van der Waals surface area contributed by atoms with Crippen LogP contribution >= 0.6 is 0 Å². The molecule has 0 aromatic heterocycles. The fraction of sp³-hybridized carbons (Fsp3) is 0.529. The molecule has 0 aliphatic carbocycles. The second-order valence-corrected chi connectivity index (χ2v) is 6.73. The summed E-state index contributed by atoms with van der Waals surface area (Å²) in [6.45, 7) is 6.06. The van der Waals surface area contributed by atoms with Crippen LogP contribution in [0.2, 0.25) is 0 Å². The molecular weight excluding hydrogens is 282 g/mol. The summed E-state index contributed by atoms with van der Waals surface area (Å²) in [4.78, 5) is 25.7. The van der Waals surface area contributed by atoms with Gasteiger partial charge in [0.25, 0.3) is 0 Å². The van der Waals surface area contributed by atoms with Crippen molar-refractivity contribution in [3.8, 4) is 0 Å². The van der Waals surface area contributed by atoms with Crippen molar-refractivity contribution in [2.24, 2.45) is 5.41 Å². The van der Waals surface area contributed by atoms with Gasteiger partial charge in [-0.05, 0) is 5.56 Å². The quantitative estimate of drug-likeness (QED) is 0.631. The van der Waals surface area contributed by atoms with Crippen LogP contribution in [0.25, 0.3) is 0 Å². The molecule has 5 nitrogen and oxygen atoms in total. The van der Waals surface area contributed by atoms with E-state index >= 15 is 0 Å². The van der Waals surface area contributed by atoms with Gasteiger partial charge in [-0.2, -0.15) is 0 Å². The molecule has 0 N–H and O–H groups in total. The maximum atomic E-state index is 12.5. The molecule has 1 aromatic carbocycles. The van der Waals surface area contributed by atoms with Gasteiger partial charge >= 0.3 is 5.97 Å². The zero-order valence-electron chi connectivity index (χ0n) is 13.5. The van der Waals surface area contributed by atoms with E-state index in [2.05, 4.69) is 0 Å². The van der Waals surface area contributed by atoms with Crippen molar-refractivity contribution in [3.05, 3.63) is 35.9 Å². The molecule has 1 aliphatic heterocycles. The second-order valence-electron chi connectivity index (χ2n) is 6.73. The van der Waals surface area contributed by atoms with Crippen molar-refractivity contribution in [2.75, 3.05) is 13.7 Å². The molecule has 2 atom stereocenters. The molecule has 0 spiro atoms. The maximum Gasteiger partial charge on any atom is 0.334 e. The van der Waals surface area contributed by atoms with E-state index in [1.807, 2.05) is 51.1 Å². The van der Waals surface area contributed by atoms with Gasteiger partial charge in [0.2, 0.25) is 6.41 Å². The average Bonchev–Trinajstić information content (AvgIpc) is 2.87. The Balaban J connectivity index is 2.42. The van der Waals surface area contributed by atoms with Crippen LogP contribution in [0, 0.1) is 5.41 Å². The number of methoxy groups -OCH3 is 1. The van der Waals surface area contributed by atoms with E-state index in [-0.39, 0.29) is 12.0 Å². The summed E-state index contributed by atoms with van der Waals surface area (Å²) in [7, 11) is 1.34. The van der Waals surface area contributed by atoms with Crippen LogP contribution < -0.4 is 0 Å². The molecule has 2 rings (SSSR count). The smallest absolute Gasteiger partial charge is 0.334 e. The van der Waals surface area contributed by atoms with Crippen molar-refractivity contribution in [3.63, 3.8) is 0 Å². The minimum atomic E-state index is -1.12. The lowest BCUT2D eigenvalue weighted by molar-refractivity contribution is -0.158. The molecule has 1 saturated heterocycles. The van der Waals surface area contributed by atoms with Crippen LogP contribution in [0.3, 0.4) is 0 Å². The van der Waals surface area contributed by atoms with Crippen LogP contribution in [0.4, 0.5) is 0 Å². The lowest BCUT2D eigenvalue weighted by Crippen LogP contribution is -2.58. The Kier molecular flexibility index (Phi) is 4.56. The van der Waals surface area contributed by atoms with Crippen LogP contribution in [0.5, 0.6) is 0 Å². The van der Waals surface area contributed by atoms with E-state index in [0.29, 0.717) is 12.8 Å². The first-order valence-corrected chi connectivity index (χ1v) is 7.33. The third kappa shape index (κ3) is 2.86. The monoisotopic (exact) mass is 305 g/mol. The lowest BCUT2D eigenvalue weighted by atomic mass is 9.87. The highest BCUT2D eigenvalue weighted by molar-refractivity contribution is 5.84. The Morgan fingerprint density at radius 1 is 1.41 bits per heavy atom. The van der Waals surface area contributed by atoms with Gasteiger partial charge in [0.1, 0.15) is 6.23 Å². The highest BCUT2D eigenvalue weighted by atomic mass is 16.5. The summed E-state index contributed by atoms with van der Waals surface area (Å²) < 4.78 is 10.8. The summed E-state index contributed by atoms with van der Waals surface area (Å²) in [6, 6.07) is 9.58. The fourth-order valence-electron chi connectivity index (χ4n) is 2.92. The minimum Gasteiger partial charge on any atom is -0.467 e. The first kappa shape index (κ1) is 16.5. The number of rotatable bonds is 4. The van der Waals surface area contributed by atoms with Crippen molar-refractivity contribution in [1.29, 1.82) is 0 Å². The van der Waals surface area contributed by atoms with Crippen LogP contribution in [-0.2, 0) is 25.5 Å². The molecule has 0 bridgehead atoms. The number of benzene rings is 1. The van der Waals surface area contributed by atoms with Crippen LogP contribution in [-0.4, -0.2) is 42.8 Å². The molecule has 1 aliphatic rings. The SMILES string of the molecule is COC(=O)[C@@]1(Cc2ccccc2)CO[C@@H](C(C)(C)C)N1C=O. The van der Waals surface area contributed by atoms with Crippen LogP contribution in [0.1, 0.15) is 26.3 Å². The van der Waals surface area contributed by atoms with Crippen molar-refractivity contribution in [2.45, 2.75) is 39.0 Å².